The molecule has 0 saturated heterocycles. The molecule has 7 heteroatoms. The molecular weight excluding hydrogens is 448 g/mol. The predicted molar refractivity (Wildman–Crippen MR) is 132 cm³/mol. The van der Waals surface area contributed by atoms with E-state index in [2.05, 4.69) is 45.7 Å². The van der Waals surface area contributed by atoms with Crippen LogP contribution in [0.2, 0.25) is 0 Å². The Morgan fingerprint density at radius 1 is 0.645 bits per heavy atom. The normalized spacial score (nSPS) is 14.8. The summed E-state index contributed by atoms with van der Waals surface area (Å²) in [5, 5.41) is 0. The van der Waals surface area contributed by atoms with Gasteiger partial charge in [-0.05, 0) is 23.3 Å². The summed E-state index contributed by atoms with van der Waals surface area (Å²) in [6.07, 6.45) is 0. The minimum atomic E-state index is -3.22. The molecule has 0 bridgehead atoms. The van der Waals surface area contributed by atoms with Gasteiger partial charge in [0, 0.05) is 24.8 Å². The molecule has 3 aromatic rings. The number of para-hydroxylation sites is 2. The first-order chi connectivity index (χ1) is 15.2. The molecule has 0 saturated carbocycles. The van der Waals surface area contributed by atoms with Crippen molar-refractivity contribution in [2.75, 3.05) is 34.2 Å². The molecule has 0 atom stereocenters. The largest absolute Gasteiger partial charge is 0.336 e. The fourth-order valence-corrected chi connectivity index (χ4v) is 7.88. The van der Waals surface area contributed by atoms with Crippen LogP contribution in [0.15, 0.2) is 84.9 Å². The Bertz CT molecular complexity index is 957. The van der Waals surface area contributed by atoms with Gasteiger partial charge in [0.2, 0.25) is 0 Å². The van der Waals surface area contributed by atoms with Crippen molar-refractivity contribution >= 4 is 42.2 Å². The van der Waals surface area contributed by atoms with Gasteiger partial charge in [0.05, 0.1) is 24.5 Å². The molecule has 3 aromatic carbocycles. The van der Waals surface area contributed by atoms with Crippen LogP contribution >= 0.6 is 30.8 Å². The van der Waals surface area contributed by atoms with Gasteiger partial charge in [-0.15, -0.1) is 23.2 Å². The van der Waals surface area contributed by atoms with Gasteiger partial charge in [-0.25, -0.2) is 4.67 Å². The summed E-state index contributed by atoms with van der Waals surface area (Å²) >= 11 is 12.3. The lowest BCUT2D eigenvalue weighted by molar-refractivity contribution is 0.440. The molecule has 1 heterocycles. The summed E-state index contributed by atoms with van der Waals surface area (Å²) < 4.78 is 21.2. The van der Waals surface area contributed by atoms with E-state index in [0.717, 1.165) is 22.5 Å². The molecule has 1 aliphatic heterocycles. The first-order valence-corrected chi connectivity index (χ1v) is 13.0. The van der Waals surface area contributed by atoms with Crippen molar-refractivity contribution in [1.82, 2.24) is 4.67 Å². The average molecular weight is 474 g/mol. The zero-order chi connectivity index (χ0) is 21.7. The van der Waals surface area contributed by atoms with Gasteiger partial charge in [-0.1, -0.05) is 72.8 Å². The summed E-state index contributed by atoms with van der Waals surface area (Å²) in [4.78, 5) is 0. The predicted octanol–water partition coefficient (Wildman–Crippen LogP) is 6.60. The minimum absolute atomic E-state index is 0.385. The van der Waals surface area contributed by atoms with E-state index in [-0.39, 0.29) is 0 Å². The van der Waals surface area contributed by atoms with Crippen molar-refractivity contribution in [3.8, 4) is 0 Å². The highest BCUT2D eigenvalue weighted by Gasteiger charge is 2.49. The quantitative estimate of drug-likeness (QED) is 0.258. The Balaban J connectivity index is 1.83. The maximum absolute atomic E-state index is 15.1. The summed E-state index contributed by atoms with van der Waals surface area (Å²) in [6.45, 7) is 2.08. The van der Waals surface area contributed by atoms with Crippen LogP contribution < -0.4 is 9.34 Å². The van der Waals surface area contributed by atoms with Crippen LogP contribution in [0.5, 0.6) is 0 Å². The number of rotatable bonds is 9. The fraction of sp³-hybridized carbons (Fsp3) is 0.250. The molecule has 0 amide bonds. The number of hydrogen-bond donors (Lipinski definition) is 0. The van der Waals surface area contributed by atoms with Crippen LogP contribution in [0.25, 0.3) is 0 Å². The Morgan fingerprint density at radius 2 is 1.03 bits per heavy atom. The summed E-state index contributed by atoms with van der Waals surface area (Å²) in [5.41, 5.74) is 4.16. The number of fused-ring (bicyclic) bond motifs is 1. The average Bonchev–Trinajstić information content (AvgIpc) is 3.04. The van der Waals surface area contributed by atoms with E-state index in [1.165, 1.54) is 0 Å². The number of halogens is 2. The van der Waals surface area contributed by atoms with Crippen molar-refractivity contribution < 1.29 is 4.57 Å². The van der Waals surface area contributed by atoms with Crippen molar-refractivity contribution in [2.45, 2.75) is 13.1 Å². The molecule has 4 rings (SSSR count). The van der Waals surface area contributed by atoms with Crippen LogP contribution in [0.4, 0.5) is 11.4 Å². The monoisotopic (exact) mass is 473 g/mol. The molecule has 0 aliphatic carbocycles. The second-order valence-corrected chi connectivity index (χ2v) is 10.7. The first-order valence-electron chi connectivity index (χ1n) is 10.4. The lowest BCUT2D eigenvalue weighted by Gasteiger charge is -2.40. The molecule has 0 unspecified atom stereocenters. The van der Waals surface area contributed by atoms with Crippen molar-refractivity contribution in [1.29, 1.82) is 0 Å². The second-order valence-electron chi connectivity index (χ2n) is 7.42. The van der Waals surface area contributed by atoms with Gasteiger partial charge in [0.15, 0.2) is 0 Å². The second kappa shape index (κ2) is 10.1. The van der Waals surface area contributed by atoms with Gasteiger partial charge in [-0.3, -0.25) is 13.9 Å². The lowest BCUT2D eigenvalue weighted by atomic mass is 10.2. The third-order valence-corrected chi connectivity index (χ3v) is 8.92. The molecule has 0 N–H and O–H groups in total. The Hall–Kier alpha value is -1.97. The SMILES string of the molecule is O=P1(N(CCCl)CCCl)N(Cc2ccccc2)c2ccccc2N1Cc1ccccc1. The summed E-state index contributed by atoms with van der Waals surface area (Å²) in [5.74, 6) is 0.769. The molecule has 1 aliphatic rings. The topological polar surface area (TPSA) is 26.8 Å². The molecular formula is C24H26Cl2N3OP. The van der Waals surface area contributed by atoms with Gasteiger partial charge in [0.25, 0.3) is 0 Å². The molecule has 31 heavy (non-hydrogen) atoms. The number of hydrogen-bond acceptors (Lipinski definition) is 1. The van der Waals surface area contributed by atoms with E-state index in [9.17, 15) is 0 Å². The van der Waals surface area contributed by atoms with E-state index < -0.39 is 7.59 Å². The van der Waals surface area contributed by atoms with E-state index in [0.29, 0.717) is 37.9 Å². The maximum atomic E-state index is 15.1. The molecule has 162 valence electrons. The van der Waals surface area contributed by atoms with E-state index in [4.69, 9.17) is 23.2 Å². The van der Waals surface area contributed by atoms with Crippen LogP contribution in [-0.4, -0.2) is 29.5 Å². The molecule has 0 spiro atoms. The summed E-state index contributed by atoms with van der Waals surface area (Å²) in [6, 6.07) is 28.4. The molecule has 0 radical (unpaired) electrons. The number of alkyl halides is 2. The van der Waals surface area contributed by atoms with Crippen LogP contribution in [0.1, 0.15) is 11.1 Å². The standard InChI is InChI=1S/C24H26Cl2N3OP/c25-15-17-27(18-16-26)31(30)28(19-21-9-3-1-4-10-21)23-13-7-8-14-24(23)29(31)20-22-11-5-2-6-12-22/h1-14H,15-20H2. The van der Waals surface area contributed by atoms with Gasteiger partial charge < -0.3 is 0 Å². The van der Waals surface area contributed by atoms with Gasteiger partial charge in [0.1, 0.15) is 0 Å². The van der Waals surface area contributed by atoms with Crippen molar-refractivity contribution in [3.05, 3.63) is 96.1 Å². The Labute approximate surface area is 194 Å². The third kappa shape index (κ3) is 4.49. The van der Waals surface area contributed by atoms with Crippen molar-refractivity contribution in [2.24, 2.45) is 0 Å². The highest BCUT2D eigenvalue weighted by molar-refractivity contribution is 7.65. The zero-order valence-electron chi connectivity index (χ0n) is 17.3. The molecule has 0 aromatic heterocycles. The lowest BCUT2D eigenvalue weighted by Crippen LogP contribution is -2.38. The van der Waals surface area contributed by atoms with Crippen LogP contribution in [0, 0.1) is 0 Å². The van der Waals surface area contributed by atoms with E-state index in [1.807, 2.05) is 53.2 Å². The number of anilines is 2. The van der Waals surface area contributed by atoms with Gasteiger partial charge >= 0.3 is 7.59 Å². The maximum Gasteiger partial charge on any atom is 0.336 e. The zero-order valence-corrected chi connectivity index (χ0v) is 19.7. The van der Waals surface area contributed by atoms with E-state index in [1.54, 1.807) is 0 Å². The van der Waals surface area contributed by atoms with Gasteiger partial charge in [-0.2, -0.15) is 0 Å². The van der Waals surface area contributed by atoms with Crippen molar-refractivity contribution in [3.63, 3.8) is 0 Å². The van der Waals surface area contributed by atoms with E-state index >= 15 is 4.57 Å². The minimum Gasteiger partial charge on any atom is -0.288 e. The van der Waals surface area contributed by atoms with Crippen LogP contribution in [-0.2, 0) is 17.7 Å². The Kier molecular flexibility index (Phi) is 7.24. The molecule has 4 nitrogen and oxygen atoms in total. The highest BCUT2D eigenvalue weighted by atomic mass is 35.5. The highest BCUT2D eigenvalue weighted by Crippen LogP contribution is 2.68. The molecule has 0 fully saturated rings. The Morgan fingerprint density at radius 3 is 1.42 bits per heavy atom. The third-order valence-electron chi connectivity index (χ3n) is 5.47. The van der Waals surface area contributed by atoms with Crippen LogP contribution in [0.3, 0.4) is 0 Å². The number of nitrogens with zero attached hydrogens (tertiary/aromatic N) is 3. The summed E-state index contributed by atoms with van der Waals surface area (Å²) in [7, 11) is -3.22. The fourth-order valence-electron chi connectivity index (χ4n) is 4.05. The first kappa shape index (κ1) is 22.2. The smallest absolute Gasteiger partial charge is 0.288 e. The number of benzene rings is 3.